The molecule has 2 aliphatic rings. The van der Waals surface area contributed by atoms with E-state index in [1.54, 1.807) is 0 Å². The van der Waals surface area contributed by atoms with Crippen molar-refractivity contribution < 1.29 is 9.53 Å². The number of carbonyl (C=O) groups excluding carboxylic acids is 1. The summed E-state index contributed by atoms with van der Waals surface area (Å²) >= 11 is 3.49. The van der Waals surface area contributed by atoms with E-state index in [-0.39, 0.29) is 5.91 Å². The van der Waals surface area contributed by atoms with Crippen LogP contribution < -0.4 is 5.32 Å². The fourth-order valence-electron chi connectivity index (χ4n) is 3.81. The molecule has 23 heavy (non-hydrogen) atoms. The van der Waals surface area contributed by atoms with Gasteiger partial charge in [0, 0.05) is 36.8 Å². The average molecular weight is 381 g/mol. The van der Waals surface area contributed by atoms with Crippen molar-refractivity contribution in [2.24, 2.45) is 0 Å². The van der Waals surface area contributed by atoms with Crippen LogP contribution in [0.4, 0.5) is 0 Å². The van der Waals surface area contributed by atoms with Crippen molar-refractivity contribution in [1.82, 2.24) is 10.2 Å². The molecule has 0 radical (unpaired) electrons. The number of piperidine rings is 1. The van der Waals surface area contributed by atoms with Gasteiger partial charge in [0.25, 0.3) is 0 Å². The van der Waals surface area contributed by atoms with Crippen molar-refractivity contribution >= 4 is 21.8 Å². The molecule has 3 rings (SSSR count). The van der Waals surface area contributed by atoms with Crippen molar-refractivity contribution in [1.29, 1.82) is 0 Å². The van der Waals surface area contributed by atoms with Crippen LogP contribution in [0.25, 0.3) is 0 Å². The number of benzene rings is 1. The number of carbonyl (C=O) groups is 1. The highest BCUT2D eigenvalue weighted by Gasteiger charge is 2.44. The summed E-state index contributed by atoms with van der Waals surface area (Å²) in [7, 11) is 1.98. The van der Waals surface area contributed by atoms with E-state index in [9.17, 15) is 4.79 Å². The Labute approximate surface area is 146 Å². The highest BCUT2D eigenvalue weighted by molar-refractivity contribution is 9.10. The molecule has 1 aromatic carbocycles. The van der Waals surface area contributed by atoms with Crippen LogP contribution in [0.2, 0.25) is 0 Å². The van der Waals surface area contributed by atoms with Gasteiger partial charge in [0.1, 0.15) is 0 Å². The molecule has 1 amide bonds. The first-order chi connectivity index (χ1) is 11.2. The van der Waals surface area contributed by atoms with Crippen LogP contribution in [0.15, 0.2) is 28.7 Å². The Morgan fingerprint density at radius 2 is 2.00 bits per heavy atom. The molecule has 1 unspecified atom stereocenters. The van der Waals surface area contributed by atoms with E-state index in [1.807, 2.05) is 19.2 Å². The van der Waals surface area contributed by atoms with Gasteiger partial charge in [0.2, 0.25) is 5.91 Å². The Morgan fingerprint density at radius 1 is 1.30 bits per heavy atom. The Bertz CT molecular complexity index is 540. The molecule has 2 saturated heterocycles. The number of nitrogens with zero attached hydrogens (tertiary/aromatic N) is 1. The monoisotopic (exact) mass is 380 g/mol. The lowest BCUT2D eigenvalue weighted by molar-refractivity contribution is -0.142. The minimum Gasteiger partial charge on any atom is -0.381 e. The molecule has 2 heterocycles. The highest BCUT2D eigenvalue weighted by Crippen LogP contribution is 2.38. The molecule has 4 nitrogen and oxygen atoms in total. The Hall–Kier alpha value is -0.910. The predicted octanol–water partition coefficient (Wildman–Crippen LogP) is 2.71. The third-order valence-corrected chi connectivity index (χ3v) is 5.80. The third kappa shape index (κ3) is 3.47. The quantitative estimate of drug-likeness (QED) is 0.876. The van der Waals surface area contributed by atoms with E-state index < -0.39 is 5.41 Å². The molecule has 1 atom stereocenters. The van der Waals surface area contributed by atoms with Gasteiger partial charge in [-0.1, -0.05) is 28.1 Å². The normalized spacial score (nSPS) is 24.4. The molecule has 0 bridgehead atoms. The lowest BCUT2D eigenvalue weighted by Crippen LogP contribution is -2.55. The number of rotatable bonds is 3. The Morgan fingerprint density at radius 3 is 2.65 bits per heavy atom. The fourth-order valence-corrected chi connectivity index (χ4v) is 4.08. The van der Waals surface area contributed by atoms with Crippen molar-refractivity contribution in [3.63, 3.8) is 0 Å². The lowest BCUT2D eigenvalue weighted by atomic mass is 9.72. The van der Waals surface area contributed by atoms with Gasteiger partial charge in [-0.25, -0.2) is 0 Å². The van der Waals surface area contributed by atoms with Gasteiger partial charge in [-0.15, -0.1) is 0 Å². The number of amides is 1. The molecular formula is C18H25BrN2O2. The van der Waals surface area contributed by atoms with Crippen LogP contribution in [0.3, 0.4) is 0 Å². The number of nitrogens with one attached hydrogen (secondary N) is 1. The van der Waals surface area contributed by atoms with Gasteiger partial charge in [0.05, 0.1) is 5.41 Å². The smallest absolute Gasteiger partial charge is 0.233 e. The predicted molar refractivity (Wildman–Crippen MR) is 94.5 cm³/mol. The molecule has 0 aromatic heterocycles. The molecule has 1 aromatic rings. The summed E-state index contributed by atoms with van der Waals surface area (Å²) < 4.78 is 6.60. The van der Waals surface area contributed by atoms with Crippen molar-refractivity contribution in [2.75, 3.05) is 33.4 Å². The second-order valence-electron chi connectivity index (χ2n) is 6.58. The first-order valence-corrected chi connectivity index (χ1v) is 9.25. The van der Waals surface area contributed by atoms with Crippen LogP contribution in [0.5, 0.6) is 0 Å². The molecule has 2 fully saturated rings. The maximum atomic E-state index is 13.5. The second-order valence-corrected chi connectivity index (χ2v) is 7.50. The van der Waals surface area contributed by atoms with Gasteiger partial charge in [0.15, 0.2) is 0 Å². The largest absolute Gasteiger partial charge is 0.381 e. The van der Waals surface area contributed by atoms with Crippen LogP contribution >= 0.6 is 15.9 Å². The summed E-state index contributed by atoms with van der Waals surface area (Å²) in [5, 5.41) is 3.33. The van der Waals surface area contributed by atoms with Crippen molar-refractivity contribution in [3.05, 3.63) is 34.3 Å². The topological polar surface area (TPSA) is 41.6 Å². The summed E-state index contributed by atoms with van der Waals surface area (Å²) in [6.45, 7) is 3.00. The Kier molecular flexibility index (Phi) is 5.39. The van der Waals surface area contributed by atoms with Crippen LogP contribution in [-0.2, 0) is 14.9 Å². The van der Waals surface area contributed by atoms with Crippen LogP contribution in [-0.4, -0.2) is 50.2 Å². The minimum absolute atomic E-state index is 0.281. The van der Waals surface area contributed by atoms with Gasteiger partial charge in [-0.3, -0.25) is 4.79 Å². The van der Waals surface area contributed by atoms with Gasteiger partial charge >= 0.3 is 0 Å². The number of likely N-dealkylation sites (tertiary alicyclic amines) is 1. The van der Waals surface area contributed by atoms with Gasteiger partial charge in [-0.2, -0.15) is 0 Å². The zero-order valence-corrected chi connectivity index (χ0v) is 15.3. The van der Waals surface area contributed by atoms with E-state index in [1.165, 1.54) is 0 Å². The standard InChI is InChI=1S/C18H25BrN2O2/c1-20-16-3-2-10-21(13-16)17(22)18(8-11-23-12-9-18)14-4-6-15(19)7-5-14/h4-7,16,20H,2-3,8-13H2,1H3. The molecular weight excluding hydrogens is 356 g/mol. The summed E-state index contributed by atoms with van der Waals surface area (Å²) in [4.78, 5) is 15.5. The SMILES string of the molecule is CNC1CCCN(C(=O)C2(c3ccc(Br)cc3)CCOCC2)C1. The first-order valence-electron chi connectivity index (χ1n) is 8.46. The van der Waals surface area contributed by atoms with E-state index >= 15 is 0 Å². The summed E-state index contributed by atoms with van der Waals surface area (Å²) in [6, 6.07) is 8.66. The zero-order chi connectivity index (χ0) is 16.3. The molecule has 0 spiro atoms. The fraction of sp³-hybridized carbons (Fsp3) is 0.611. The van der Waals surface area contributed by atoms with E-state index in [0.29, 0.717) is 19.3 Å². The second kappa shape index (κ2) is 7.32. The first kappa shape index (κ1) is 16.9. The molecule has 5 heteroatoms. The minimum atomic E-state index is -0.422. The van der Waals surface area contributed by atoms with Crippen molar-refractivity contribution in [2.45, 2.75) is 37.1 Å². The number of hydrogen-bond donors (Lipinski definition) is 1. The molecule has 1 N–H and O–H groups in total. The maximum Gasteiger partial charge on any atom is 0.233 e. The van der Waals surface area contributed by atoms with Gasteiger partial charge in [-0.05, 0) is 50.4 Å². The number of ether oxygens (including phenoxy) is 1. The van der Waals surface area contributed by atoms with Crippen LogP contribution in [0.1, 0.15) is 31.2 Å². The van der Waals surface area contributed by atoms with E-state index in [4.69, 9.17) is 4.74 Å². The average Bonchev–Trinajstić information content (AvgIpc) is 2.62. The van der Waals surface area contributed by atoms with Crippen molar-refractivity contribution in [3.8, 4) is 0 Å². The summed E-state index contributed by atoms with van der Waals surface area (Å²) in [5.74, 6) is 0.281. The lowest BCUT2D eigenvalue weighted by Gasteiger charge is -2.42. The Balaban J connectivity index is 1.89. The summed E-state index contributed by atoms with van der Waals surface area (Å²) in [6.07, 6.45) is 3.77. The highest BCUT2D eigenvalue weighted by atomic mass is 79.9. The molecule has 2 aliphatic heterocycles. The molecule has 126 valence electrons. The molecule has 0 saturated carbocycles. The number of likely N-dealkylation sites (N-methyl/N-ethyl adjacent to an activating group) is 1. The van der Waals surface area contributed by atoms with E-state index in [2.05, 4.69) is 38.3 Å². The molecule has 0 aliphatic carbocycles. The summed E-state index contributed by atoms with van der Waals surface area (Å²) in [5.41, 5.74) is 0.703. The van der Waals surface area contributed by atoms with Gasteiger partial charge < -0.3 is 15.0 Å². The maximum absolute atomic E-state index is 13.5. The number of halogens is 1. The third-order valence-electron chi connectivity index (χ3n) is 5.27. The number of hydrogen-bond acceptors (Lipinski definition) is 3. The van der Waals surface area contributed by atoms with Crippen LogP contribution in [0, 0.1) is 0 Å². The zero-order valence-electron chi connectivity index (χ0n) is 13.7. The van der Waals surface area contributed by atoms with E-state index in [0.717, 1.165) is 48.8 Å².